The van der Waals surface area contributed by atoms with Gasteiger partial charge in [0.25, 0.3) is 0 Å². The molecule has 5 rings (SSSR count). The Hall–Kier alpha value is -2.83. The summed E-state index contributed by atoms with van der Waals surface area (Å²) < 4.78 is 5.52. The molecule has 1 aliphatic rings. The molecule has 0 atom stereocenters. The molecule has 2 N–H and O–H groups in total. The molecule has 0 spiro atoms. The predicted octanol–water partition coefficient (Wildman–Crippen LogP) is 4.90. The number of benzene rings is 2. The lowest BCUT2D eigenvalue weighted by molar-refractivity contribution is 0.0853. The maximum Gasteiger partial charge on any atom is 0.221 e. The highest BCUT2D eigenvalue weighted by atomic mass is 32.1. The van der Waals surface area contributed by atoms with Crippen LogP contribution < -0.4 is 5.73 Å². The monoisotopic (exact) mass is 388 g/mol. The Balaban J connectivity index is 1.64. The van der Waals surface area contributed by atoms with Gasteiger partial charge in [-0.3, -0.25) is 0 Å². The second-order valence-corrected chi connectivity index (χ2v) is 7.91. The number of thiazole rings is 1. The van der Waals surface area contributed by atoms with Gasteiger partial charge in [0, 0.05) is 41.3 Å². The average Bonchev–Trinajstić information content (AvgIpc) is 3.28. The van der Waals surface area contributed by atoms with E-state index in [9.17, 15) is 0 Å². The highest BCUT2D eigenvalue weighted by Crippen LogP contribution is 2.34. The van der Waals surface area contributed by atoms with Crippen LogP contribution in [0.15, 0.2) is 54.0 Å². The topological polar surface area (TPSA) is 73.9 Å². The maximum absolute atomic E-state index is 6.03. The lowest BCUT2D eigenvalue weighted by Gasteiger charge is -2.22. The summed E-state index contributed by atoms with van der Waals surface area (Å²) in [6.07, 6.45) is 3.94. The third-order valence-corrected chi connectivity index (χ3v) is 6.07. The van der Waals surface area contributed by atoms with Crippen molar-refractivity contribution in [2.24, 2.45) is 0 Å². The first-order chi connectivity index (χ1) is 13.8. The molecule has 3 heterocycles. The van der Waals surface area contributed by atoms with Gasteiger partial charge < -0.3 is 10.5 Å². The number of ether oxygens (including phenoxy) is 1. The molecule has 1 aliphatic heterocycles. The normalized spacial score (nSPS) is 15.1. The molecule has 2 aromatic carbocycles. The Morgan fingerprint density at radius 3 is 2.71 bits per heavy atom. The number of nitrogens with zero attached hydrogens (tertiary/aromatic N) is 3. The van der Waals surface area contributed by atoms with Gasteiger partial charge in [-0.05, 0) is 48.6 Å². The zero-order chi connectivity index (χ0) is 18.9. The van der Waals surface area contributed by atoms with Gasteiger partial charge in [0.15, 0.2) is 0 Å². The third-order valence-electron chi connectivity index (χ3n) is 5.25. The zero-order valence-corrected chi connectivity index (χ0v) is 16.2. The fourth-order valence-corrected chi connectivity index (χ4v) is 4.47. The molecule has 1 saturated heterocycles. The van der Waals surface area contributed by atoms with Gasteiger partial charge >= 0.3 is 0 Å². The molecule has 140 valence electrons. The molecule has 0 bridgehead atoms. The quantitative estimate of drug-likeness (QED) is 0.540. The van der Waals surface area contributed by atoms with Gasteiger partial charge in [0.1, 0.15) is 5.01 Å². The molecular weight excluding hydrogens is 368 g/mol. The van der Waals surface area contributed by atoms with Crippen LogP contribution in [0, 0.1) is 0 Å². The van der Waals surface area contributed by atoms with Crippen LogP contribution in [0.5, 0.6) is 0 Å². The standard InChI is InChI=1S/C22H20N4OS/c23-22-25-19-5-4-17(21-24-8-11-28-21)13-18(19)20(26-22)16-3-1-2-15(12-16)14-6-9-27-10-7-14/h1-5,8,11-14H,6-7,9-10H2,(H2,23,25,26). The molecule has 28 heavy (non-hydrogen) atoms. The van der Waals surface area contributed by atoms with Crippen molar-refractivity contribution in [3.8, 4) is 21.8 Å². The van der Waals surface area contributed by atoms with E-state index in [2.05, 4.69) is 45.3 Å². The summed E-state index contributed by atoms with van der Waals surface area (Å²) in [6.45, 7) is 1.66. The van der Waals surface area contributed by atoms with E-state index in [1.54, 1.807) is 11.3 Å². The Labute approximate surface area is 167 Å². The predicted molar refractivity (Wildman–Crippen MR) is 113 cm³/mol. The first-order valence-electron chi connectivity index (χ1n) is 9.43. The first kappa shape index (κ1) is 17.3. The van der Waals surface area contributed by atoms with Crippen LogP contribution in [0.4, 0.5) is 5.95 Å². The Bertz CT molecular complexity index is 1120. The highest BCUT2D eigenvalue weighted by molar-refractivity contribution is 7.13. The number of hydrogen-bond donors (Lipinski definition) is 1. The smallest absolute Gasteiger partial charge is 0.221 e. The Morgan fingerprint density at radius 2 is 1.89 bits per heavy atom. The molecule has 0 unspecified atom stereocenters. The molecule has 2 aromatic heterocycles. The molecule has 0 radical (unpaired) electrons. The van der Waals surface area contributed by atoms with E-state index in [-0.39, 0.29) is 0 Å². The fraction of sp³-hybridized carbons (Fsp3) is 0.227. The zero-order valence-electron chi connectivity index (χ0n) is 15.3. The lowest BCUT2D eigenvalue weighted by Crippen LogP contribution is -2.14. The Kier molecular flexibility index (Phi) is 4.50. The van der Waals surface area contributed by atoms with Crippen LogP contribution >= 0.6 is 11.3 Å². The van der Waals surface area contributed by atoms with Gasteiger partial charge in [-0.2, -0.15) is 0 Å². The van der Waals surface area contributed by atoms with Crippen LogP contribution in [0.1, 0.15) is 24.3 Å². The minimum Gasteiger partial charge on any atom is -0.381 e. The van der Waals surface area contributed by atoms with Crippen LogP contribution in [-0.4, -0.2) is 28.2 Å². The first-order valence-corrected chi connectivity index (χ1v) is 10.3. The van der Waals surface area contributed by atoms with Gasteiger partial charge in [0.05, 0.1) is 11.2 Å². The van der Waals surface area contributed by atoms with Crippen molar-refractivity contribution in [1.82, 2.24) is 15.0 Å². The fourth-order valence-electron chi connectivity index (χ4n) is 3.84. The lowest BCUT2D eigenvalue weighted by atomic mass is 9.90. The highest BCUT2D eigenvalue weighted by Gasteiger charge is 2.17. The Morgan fingerprint density at radius 1 is 1.00 bits per heavy atom. The second-order valence-electron chi connectivity index (χ2n) is 7.01. The van der Waals surface area contributed by atoms with Gasteiger partial charge in [-0.1, -0.05) is 18.2 Å². The summed E-state index contributed by atoms with van der Waals surface area (Å²) >= 11 is 1.62. The third kappa shape index (κ3) is 3.25. The number of fused-ring (bicyclic) bond motifs is 1. The van der Waals surface area contributed by atoms with E-state index in [1.807, 2.05) is 23.7 Å². The van der Waals surface area contributed by atoms with E-state index < -0.39 is 0 Å². The summed E-state index contributed by atoms with van der Waals surface area (Å²) in [7, 11) is 0. The van der Waals surface area contributed by atoms with Crippen molar-refractivity contribution >= 4 is 28.2 Å². The number of aromatic nitrogens is 3. The number of nitrogen functional groups attached to an aromatic ring is 1. The molecular formula is C22H20N4OS. The number of rotatable bonds is 3. The van der Waals surface area contributed by atoms with Crippen molar-refractivity contribution in [3.63, 3.8) is 0 Å². The van der Waals surface area contributed by atoms with Crippen LogP contribution in [-0.2, 0) is 4.74 Å². The molecule has 0 saturated carbocycles. The molecule has 5 nitrogen and oxygen atoms in total. The number of nitrogens with two attached hydrogens (primary N) is 1. The number of anilines is 1. The minimum absolute atomic E-state index is 0.293. The van der Waals surface area contributed by atoms with E-state index in [0.717, 1.165) is 58.8 Å². The molecule has 4 aromatic rings. The van der Waals surface area contributed by atoms with Crippen molar-refractivity contribution in [3.05, 3.63) is 59.6 Å². The van der Waals surface area contributed by atoms with E-state index in [4.69, 9.17) is 10.5 Å². The molecule has 0 amide bonds. The van der Waals surface area contributed by atoms with Crippen LogP contribution in [0.25, 0.3) is 32.7 Å². The number of hydrogen-bond acceptors (Lipinski definition) is 6. The van der Waals surface area contributed by atoms with Gasteiger partial charge in [0.2, 0.25) is 5.95 Å². The summed E-state index contributed by atoms with van der Waals surface area (Å²) in [5, 5.41) is 3.96. The summed E-state index contributed by atoms with van der Waals surface area (Å²) in [5.74, 6) is 0.825. The molecule has 6 heteroatoms. The molecule has 1 fully saturated rings. The summed E-state index contributed by atoms with van der Waals surface area (Å²) in [4.78, 5) is 13.5. The average molecular weight is 388 g/mol. The van der Waals surface area contributed by atoms with E-state index in [1.165, 1.54) is 5.56 Å². The SMILES string of the molecule is Nc1nc(-c2cccc(C3CCOCC3)c2)c2cc(-c3nccs3)ccc2n1. The largest absolute Gasteiger partial charge is 0.381 e. The summed E-state index contributed by atoms with van der Waals surface area (Å²) in [5.41, 5.74) is 11.2. The van der Waals surface area contributed by atoms with Crippen molar-refractivity contribution in [1.29, 1.82) is 0 Å². The van der Waals surface area contributed by atoms with Gasteiger partial charge in [-0.25, -0.2) is 15.0 Å². The minimum atomic E-state index is 0.293. The maximum atomic E-state index is 6.03. The molecule has 0 aliphatic carbocycles. The van der Waals surface area contributed by atoms with E-state index in [0.29, 0.717) is 11.9 Å². The van der Waals surface area contributed by atoms with Crippen LogP contribution in [0.3, 0.4) is 0 Å². The van der Waals surface area contributed by atoms with Crippen molar-refractivity contribution in [2.45, 2.75) is 18.8 Å². The van der Waals surface area contributed by atoms with Crippen molar-refractivity contribution < 1.29 is 4.74 Å². The van der Waals surface area contributed by atoms with E-state index >= 15 is 0 Å². The van der Waals surface area contributed by atoms with Crippen molar-refractivity contribution in [2.75, 3.05) is 18.9 Å². The van der Waals surface area contributed by atoms with Crippen LogP contribution in [0.2, 0.25) is 0 Å². The van der Waals surface area contributed by atoms with Gasteiger partial charge in [-0.15, -0.1) is 11.3 Å². The summed E-state index contributed by atoms with van der Waals surface area (Å²) in [6, 6.07) is 14.8. The second kappa shape index (κ2) is 7.30.